The Balaban J connectivity index is 1.77. The van der Waals surface area contributed by atoms with Gasteiger partial charge >= 0.3 is 0 Å². The molecule has 6 nitrogen and oxygen atoms in total. The number of aromatic amines is 1. The smallest absolute Gasteiger partial charge is 0.241 e. The van der Waals surface area contributed by atoms with Gasteiger partial charge in [-0.15, -0.1) is 0 Å². The van der Waals surface area contributed by atoms with Gasteiger partial charge in [-0.05, 0) is 19.9 Å². The van der Waals surface area contributed by atoms with Crippen LogP contribution in [0.5, 0.6) is 0 Å². The molecule has 0 radical (unpaired) electrons. The molecule has 0 saturated carbocycles. The van der Waals surface area contributed by atoms with Gasteiger partial charge in [-0.25, -0.2) is 4.98 Å². The molecule has 96 valence electrons. The standard InChI is InChI=1S/C12H17N5O/c1-9-5-10(2)17(16-9)7-12(18)14-4-3-11-6-13-8-15-11/h5-6,8H,3-4,7H2,1-2H3,(H,13,15)(H,14,18). The van der Waals surface area contributed by atoms with Crippen LogP contribution < -0.4 is 5.32 Å². The van der Waals surface area contributed by atoms with Crippen molar-refractivity contribution in [3.63, 3.8) is 0 Å². The van der Waals surface area contributed by atoms with E-state index in [4.69, 9.17) is 0 Å². The van der Waals surface area contributed by atoms with Gasteiger partial charge in [-0.2, -0.15) is 5.10 Å². The van der Waals surface area contributed by atoms with E-state index in [-0.39, 0.29) is 12.5 Å². The minimum absolute atomic E-state index is 0.0271. The number of carbonyl (C=O) groups is 1. The minimum atomic E-state index is -0.0271. The molecule has 0 spiro atoms. The molecule has 0 aliphatic rings. The Morgan fingerprint density at radius 2 is 2.33 bits per heavy atom. The fourth-order valence-electron chi connectivity index (χ4n) is 1.78. The van der Waals surface area contributed by atoms with E-state index < -0.39 is 0 Å². The number of carbonyl (C=O) groups excluding carboxylic acids is 1. The number of rotatable bonds is 5. The third-order valence-electron chi connectivity index (χ3n) is 2.67. The average Bonchev–Trinajstić information content (AvgIpc) is 2.90. The Labute approximate surface area is 105 Å². The molecule has 0 aromatic carbocycles. The quantitative estimate of drug-likeness (QED) is 0.811. The first-order valence-corrected chi connectivity index (χ1v) is 5.90. The van der Waals surface area contributed by atoms with Crippen LogP contribution in [-0.4, -0.2) is 32.2 Å². The number of imidazole rings is 1. The fourth-order valence-corrected chi connectivity index (χ4v) is 1.78. The Morgan fingerprint density at radius 1 is 1.50 bits per heavy atom. The Hall–Kier alpha value is -2.11. The zero-order chi connectivity index (χ0) is 13.0. The van der Waals surface area contributed by atoms with Crippen LogP contribution in [0.25, 0.3) is 0 Å². The lowest BCUT2D eigenvalue weighted by Crippen LogP contribution is -2.30. The van der Waals surface area contributed by atoms with Crippen LogP contribution in [-0.2, 0) is 17.8 Å². The van der Waals surface area contributed by atoms with Crippen molar-refractivity contribution in [2.24, 2.45) is 0 Å². The Morgan fingerprint density at radius 3 is 2.94 bits per heavy atom. The average molecular weight is 247 g/mol. The normalized spacial score (nSPS) is 10.6. The molecule has 2 aromatic heterocycles. The van der Waals surface area contributed by atoms with Crippen molar-refractivity contribution in [3.05, 3.63) is 35.7 Å². The highest BCUT2D eigenvalue weighted by Gasteiger charge is 2.06. The Bertz CT molecular complexity index is 515. The molecule has 0 unspecified atom stereocenters. The number of hydrogen-bond donors (Lipinski definition) is 2. The summed E-state index contributed by atoms with van der Waals surface area (Å²) in [4.78, 5) is 18.6. The van der Waals surface area contributed by atoms with Crippen molar-refractivity contribution < 1.29 is 4.79 Å². The van der Waals surface area contributed by atoms with E-state index in [1.807, 2.05) is 19.9 Å². The summed E-state index contributed by atoms with van der Waals surface area (Å²) in [5.41, 5.74) is 2.94. The zero-order valence-electron chi connectivity index (χ0n) is 10.6. The summed E-state index contributed by atoms with van der Waals surface area (Å²) in [5, 5.41) is 7.11. The second-order valence-electron chi connectivity index (χ2n) is 4.26. The third kappa shape index (κ3) is 3.19. The first-order chi connectivity index (χ1) is 8.65. The number of hydrogen-bond acceptors (Lipinski definition) is 3. The van der Waals surface area contributed by atoms with E-state index in [1.54, 1.807) is 17.2 Å². The van der Waals surface area contributed by atoms with Gasteiger partial charge in [0.05, 0.1) is 12.0 Å². The van der Waals surface area contributed by atoms with Gasteiger partial charge in [0, 0.05) is 30.6 Å². The number of aryl methyl sites for hydroxylation is 2. The van der Waals surface area contributed by atoms with Gasteiger partial charge in [0.1, 0.15) is 6.54 Å². The van der Waals surface area contributed by atoms with Crippen molar-refractivity contribution in [2.75, 3.05) is 6.54 Å². The predicted molar refractivity (Wildman–Crippen MR) is 67.0 cm³/mol. The van der Waals surface area contributed by atoms with Gasteiger partial charge in [-0.1, -0.05) is 0 Å². The lowest BCUT2D eigenvalue weighted by atomic mass is 10.3. The van der Waals surface area contributed by atoms with Crippen LogP contribution in [0.1, 0.15) is 17.1 Å². The van der Waals surface area contributed by atoms with Crippen molar-refractivity contribution in [1.82, 2.24) is 25.1 Å². The molecule has 2 rings (SSSR count). The second-order valence-corrected chi connectivity index (χ2v) is 4.26. The van der Waals surface area contributed by atoms with Crippen LogP contribution in [0.15, 0.2) is 18.6 Å². The van der Waals surface area contributed by atoms with E-state index in [0.717, 1.165) is 23.5 Å². The molecule has 0 aliphatic heterocycles. The molecule has 0 atom stereocenters. The molecule has 18 heavy (non-hydrogen) atoms. The molecular weight excluding hydrogens is 230 g/mol. The summed E-state index contributed by atoms with van der Waals surface area (Å²) in [6, 6.07) is 1.96. The third-order valence-corrected chi connectivity index (χ3v) is 2.67. The molecule has 0 bridgehead atoms. The summed E-state index contributed by atoms with van der Waals surface area (Å²) < 4.78 is 1.71. The van der Waals surface area contributed by atoms with Gasteiger partial charge in [-0.3, -0.25) is 9.48 Å². The van der Waals surface area contributed by atoms with Crippen LogP contribution in [0.2, 0.25) is 0 Å². The highest BCUT2D eigenvalue weighted by molar-refractivity contribution is 5.75. The maximum absolute atomic E-state index is 11.7. The van der Waals surface area contributed by atoms with Crippen molar-refractivity contribution >= 4 is 5.91 Å². The summed E-state index contributed by atoms with van der Waals surface area (Å²) in [6.45, 7) is 4.72. The molecular formula is C12H17N5O. The maximum Gasteiger partial charge on any atom is 0.241 e. The number of nitrogens with zero attached hydrogens (tertiary/aromatic N) is 3. The summed E-state index contributed by atoms with van der Waals surface area (Å²) >= 11 is 0. The SMILES string of the molecule is Cc1cc(C)n(CC(=O)NCCc2cnc[nH]2)n1. The molecule has 6 heteroatoms. The fraction of sp³-hybridized carbons (Fsp3) is 0.417. The van der Waals surface area contributed by atoms with E-state index in [1.165, 1.54) is 0 Å². The Kier molecular flexibility index (Phi) is 3.76. The second kappa shape index (κ2) is 5.48. The monoisotopic (exact) mass is 247 g/mol. The van der Waals surface area contributed by atoms with Gasteiger partial charge < -0.3 is 10.3 Å². The minimum Gasteiger partial charge on any atom is -0.354 e. The zero-order valence-corrected chi connectivity index (χ0v) is 10.6. The highest BCUT2D eigenvalue weighted by Crippen LogP contribution is 2.01. The highest BCUT2D eigenvalue weighted by atomic mass is 16.2. The number of H-pyrrole nitrogens is 1. The van der Waals surface area contributed by atoms with E-state index in [2.05, 4.69) is 20.4 Å². The van der Waals surface area contributed by atoms with Crippen LogP contribution >= 0.6 is 0 Å². The lowest BCUT2D eigenvalue weighted by molar-refractivity contribution is -0.121. The van der Waals surface area contributed by atoms with Crippen LogP contribution in [0, 0.1) is 13.8 Å². The van der Waals surface area contributed by atoms with Crippen LogP contribution in [0.3, 0.4) is 0 Å². The first-order valence-electron chi connectivity index (χ1n) is 5.90. The van der Waals surface area contributed by atoms with Gasteiger partial charge in [0.2, 0.25) is 5.91 Å². The predicted octanol–water partition coefficient (Wildman–Crippen LogP) is 0.582. The molecule has 2 N–H and O–H groups in total. The lowest BCUT2D eigenvalue weighted by Gasteiger charge is -2.06. The van der Waals surface area contributed by atoms with Crippen molar-refractivity contribution in [3.8, 4) is 0 Å². The van der Waals surface area contributed by atoms with Crippen molar-refractivity contribution in [1.29, 1.82) is 0 Å². The molecule has 2 aromatic rings. The molecule has 1 amide bonds. The molecule has 0 aliphatic carbocycles. The molecule has 0 fully saturated rings. The van der Waals surface area contributed by atoms with E-state index in [0.29, 0.717) is 6.54 Å². The summed E-state index contributed by atoms with van der Waals surface area (Å²) in [6.07, 6.45) is 4.14. The summed E-state index contributed by atoms with van der Waals surface area (Å²) in [5.74, 6) is -0.0271. The summed E-state index contributed by atoms with van der Waals surface area (Å²) in [7, 11) is 0. The molecule has 2 heterocycles. The number of nitrogens with one attached hydrogen (secondary N) is 2. The van der Waals surface area contributed by atoms with Crippen LogP contribution in [0.4, 0.5) is 0 Å². The first kappa shape index (κ1) is 12.3. The van der Waals surface area contributed by atoms with Crippen molar-refractivity contribution in [2.45, 2.75) is 26.8 Å². The van der Waals surface area contributed by atoms with Gasteiger partial charge in [0.25, 0.3) is 0 Å². The topological polar surface area (TPSA) is 75.6 Å². The maximum atomic E-state index is 11.7. The number of aromatic nitrogens is 4. The number of amides is 1. The largest absolute Gasteiger partial charge is 0.354 e. The van der Waals surface area contributed by atoms with Gasteiger partial charge in [0.15, 0.2) is 0 Å². The van der Waals surface area contributed by atoms with E-state index in [9.17, 15) is 4.79 Å². The van der Waals surface area contributed by atoms with E-state index >= 15 is 0 Å². The molecule has 0 saturated heterocycles.